The highest BCUT2D eigenvalue weighted by Gasteiger charge is 2.08. The predicted octanol–water partition coefficient (Wildman–Crippen LogP) is 2.43. The van der Waals surface area contributed by atoms with E-state index in [0.717, 1.165) is 36.6 Å². The molecule has 4 heteroatoms. The molecule has 0 aliphatic carbocycles. The second-order valence-corrected chi connectivity index (χ2v) is 5.22. The van der Waals surface area contributed by atoms with Crippen LogP contribution in [-0.4, -0.2) is 28.5 Å². The maximum Gasteiger partial charge on any atom is 0.128 e. The van der Waals surface area contributed by atoms with Crippen LogP contribution in [-0.2, 0) is 6.54 Å². The predicted molar refractivity (Wildman–Crippen MR) is 84.7 cm³/mol. The molecule has 0 atom stereocenters. The first kappa shape index (κ1) is 12.1. The van der Waals surface area contributed by atoms with E-state index in [2.05, 4.69) is 50.2 Å². The maximum absolute atomic E-state index is 4.44. The van der Waals surface area contributed by atoms with Crippen molar-refractivity contribution >= 4 is 16.9 Å². The lowest BCUT2D eigenvalue weighted by Crippen LogP contribution is -2.19. The molecule has 1 aliphatic heterocycles. The van der Waals surface area contributed by atoms with Gasteiger partial charge in [-0.3, -0.25) is 4.99 Å². The zero-order valence-corrected chi connectivity index (χ0v) is 11.7. The molecule has 21 heavy (non-hydrogen) atoms. The number of benzene rings is 2. The molecule has 1 N–H and O–H groups in total. The summed E-state index contributed by atoms with van der Waals surface area (Å²) in [6.45, 7) is 2.65. The van der Waals surface area contributed by atoms with Crippen LogP contribution in [0, 0.1) is 0 Å². The molecule has 0 saturated heterocycles. The van der Waals surface area contributed by atoms with Gasteiger partial charge in [0.05, 0.1) is 23.9 Å². The average molecular weight is 276 g/mol. The first-order valence-electron chi connectivity index (χ1n) is 7.18. The monoisotopic (exact) mass is 276 g/mol. The van der Waals surface area contributed by atoms with E-state index in [9.17, 15) is 0 Å². The SMILES string of the molecule is c1ccc2c(c1)ncn2Cc1ccc(C2=NCCN2)cc1. The van der Waals surface area contributed by atoms with Crippen LogP contribution in [0.3, 0.4) is 0 Å². The number of nitrogens with one attached hydrogen (secondary N) is 1. The molecule has 4 nitrogen and oxygen atoms in total. The molecule has 1 aliphatic rings. The van der Waals surface area contributed by atoms with Gasteiger partial charge in [-0.25, -0.2) is 4.98 Å². The van der Waals surface area contributed by atoms with Crippen molar-refractivity contribution in [2.45, 2.75) is 6.54 Å². The van der Waals surface area contributed by atoms with E-state index in [1.165, 1.54) is 11.1 Å². The van der Waals surface area contributed by atoms with Gasteiger partial charge in [0.1, 0.15) is 5.84 Å². The molecule has 0 unspecified atom stereocenters. The fourth-order valence-corrected chi connectivity index (χ4v) is 2.69. The van der Waals surface area contributed by atoms with Gasteiger partial charge in [0.25, 0.3) is 0 Å². The van der Waals surface area contributed by atoms with Crippen LogP contribution in [0.5, 0.6) is 0 Å². The Morgan fingerprint density at radius 1 is 1.05 bits per heavy atom. The van der Waals surface area contributed by atoms with Crippen molar-refractivity contribution in [1.29, 1.82) is 0 Å². The summed E-state index contributed by atoms with van der Waals surface area (Å²) in [5, 5.41) is 3.30. The Bertz CT molecular complexity index is 799. The Labute approximate surface area is 123 Å². The van der Waals surface area contributed by atoms with Crippen molar-refractivity contribution in [3.8, 4) is 0 Å². The van der Waals surface area contributed by atoms with E-state index in [0.29, 0.717) is 0 Å². The summed E-state index contributed by atoms with van der Waals surface area (Å²) in [5.74, 6) is 1.01. The Morgan fingerprint density at radius 3 is 2.71 bits per heavy atom. The highest BCUT2D eigenvalue weighted by atomic mass is 15.1. The van der Waals surface area contributed by atoms with E-state index in [-0.39, 0.29) is 0 Å². The van der Waals surface area contributed by atoms with Gasteiger partial charge in [0.2, 0.25) is 0 Å². The van der Waals surface area contributed by atoms with E-state index >= 15 is 0 Å². The number of nitrogens with zero attached hydrogens (tertiary/aromatic N) is 3. The number of amidine groups is 1. The van der Waals surface area contributed by atoms with Crippen molar-refractivity contribution in [1.82, 2.24) is 14.9 Å². The molecule has 0 radical (unpaired) electrons. The summed E-state index contributed by atoms with van der Waals surface area (Å²) in [6.07, 6.45) is 1.90. The fourth-order valence-electron chi connectivity index (χ4n) is 2.69. The molecule has 0 spiro atoms. The fraction of sp³-hybridized carbons (Fsp3) is 0.176. The molecular weight excluding hydrogens is 260 g/mol. The number of hydrogen-bond acceptors (Lipinski definition) is 3. The highest BCUT2D eigenvalue weighted by molar-refractivity contribution is 5.99. The number of imidazole rings is 1. The van der Waals surface area contributed by atoms with Gasteiger partial charge < -0.3 is 9.88 Å². The third-order valence-electron chi connectivity index (χ3n) is 3.78. The standard InChI is InChI=1S/C17H16N4/c1-2-4-16-15(3-1)20-12-21(16)11-13-5-7-14(8-6-13)17-18-9-10-19-17/h1-8,12H,9-11H2,(H,18,19). The number of fused-ring (bicyclic) bond motifs is 1. The van der Waals surface area contributed by atoms with Gasteiger partial charge >= 0.3 is 0 Å². The normalized spacial score (nSPS) is 14.2. The molecule has 3 aromatic rings. The average Bonchev–Trinajstić information content (AvgIpc) is 3.19. The van der Waals surface area contributed by atoms with Gasteiger partial charge in [0, 0.05) is 18.7 Å². The molecule has 2 heterocycles. The van der Waals surface area contributed by atoms with E-state index < -0.39 is 0 Å². The van der Waals surface area contributed by atoms with E-state index in [1.54, 1.807) is 0 Å². The van der Waals surface area contributed by atoms with Crippen LogP contribution in [0.25, 0.3) is 11.0 Å². The smallest absolute Gasteiger partial charge is 0.128 e. The van der Waals surface area contributed by atoms with E-state index in [4.69, 9.17) is 0 Å². The van der Waals surface area contributed by atoms with Crippen molar-refractivity contribution < 1.29 is 0 Å². The maximum atomic E-state index is 4.44. The first-order chi connectivity index (χ1) is 10.4. The van der Waals surface area contributed by atoms with Crippen molar-refractivity contribution in [3.63, 3.8) is 0 Å². The third-order valence-corrected chi connectivity index (χ3v) is 3.78. The Kier molecular flexibility index (Phi) is 2.92. The van der Waals surface area contributed by atoms with Crippen LogP contribution in [0.15, 0.2) is 59.9 Å². The minimum Gasteiger partial charge on any atom is -0.368 e. The second kappa shape index (κ2) is 5.05. The lowest BCUT2D eigenvalue weighted by molar-refractivity contribution is 0.824. The summed E-state index contributed by atoms with van der Waals surface area (Å²) < 4.78 is 2.18. The lowest BCUT2D eigenvalue weighted by Gasteiger charge is -2.07. The van der Waals surface area contributed by atoms with Crippen LogP contribution in [0.4, 0.5) is 0 Å². The summed E-state index contributed by atoms with van der Waals surface area (Å²) in [6, 6.07) is 16.8. The molecule has 4 rings (SSSR count). The quantitative estimate of drug-likeness (QED) is 0.798. The Morgan fingerprint density at radius 2 is 1.90 bits per heavy atom. The minimum absolute atomic E-state index is 0.834. The number of para-hydroxylation sites is 2. The molecule has 2 aromatic carbocycles. The van der Waals surface area contributed by atoms with Gasteiger partial charge in [0.15, 0.2) is 0 Å². The number of hydrogen-bond donors (Lipinski definition) is 1. The molecule has 1 aromatic heterocycles. The summed E-state index contributed by atoms with van der Waals surface area (Å²) in [5.41, 5.74) is 4.63. The summed E-state index contributed by atoms with van der Waals surface area (Å²) in [4.78, 5) is 8.87. The molecule has 104 valence electrons. The van der Waals surface area contributed by atoms with Gasteiger partial charge in [-0.15, -0.1) is 0 Å². The van der Waals surface area contributed by atoms with Gasteiger partial charge in [-0.2, -0.15) is 0 Å². The topological polar surface area (TPSA) is 42.2 Å². The van der Waals surface area contributed by atoms with Gasteiger partial charge in [-0.05, 0) is 17.7 Å². The molecular formula is C17H16N4. The van der Waals surface area contributed by atoms with Crippen molar-refractivity contribution in [2.24, 2.45) is 4.99 Å². The Hall–Kier alpha value is -2.62. The van der Waals surface area contributed by atoms with Gasteiger partial charge in [-0.1, -0.05) is 36.4 Å². The van der Waals surface area contributed by atoms with Crippen LogP contribution in [0.2, 0.25) is 0 Å². The number of aliphatic imine (C=N–C) groups is 1. The third kappa shape index (κ3) is 2.29. The van der Waals surface area contributed by atoms with Crippen LogP contribution < -0.4 is 5.32 Å². The zero-order chi connectivity index (χ0) is 14.1. The number of rotatable bonds is 3. The highest BCUT2D eigenvalue weighted by Crippen LogP contribution is 2.14. The Balaban J connectivity index is 1.59. The molecule has 0 bridgehead atoms. The van der Waals surface area contributed by atoms with Crippen LogP contribution in [0.1, 0.15) is 11.1 Å². The van der Waals surface area contributed by atoms with Crippen LogP contribution >= 0.6 is 0 Å². The molecule has 0 fully saturated rings. The number of aromatic nitrogens is 2. The summed E-state index contributed by atoms with van der Waals surface area (Å²) >= 11 is 0. The lowest BCUT2D eigenvalue weighted by atomic mass is 10.1. The second-order valence-electron chi connectivity index (χ2n) is 5.22. The van der Waals surface area contributed by atoms with E-state index in [1.807, 2.05) is 24.5 Å². The van der Waals surface area contributed by atoms with Crippen molar-refractivity contribution in [2.75, 3.05) is 13.1 Å². The molecule has 0 saturated carbocycles. The minimum atomic E-state index is 0.834. The van der Waals surface area contributed by atoms with Crippen molar-refractivity contribution in [3.05, 3.63) is 66.0 Å². The molecule has 0 amide bonds. The zero-order valence-electron chi connectivity index (χ0n) is 11.7. The first-order valence-corrected chi connectivity index (χ1v) is 7.18. The summed E-state index contributed by atoms with van der Waals surface area (Å²) in [7, 11) is 0. The largest absolute Gasteiger partial charge is 0.368 e.